The summed E-state index contributed by atoms with van der Waals surface area (Å²) in [7, 11) is 0. The summed E-state index contributed by atoms with van der Waals surface area (Å²) in [5.74, 6) is 0.331. The Hall–Kier alpha value is -1.68. The number of benzene rings is 1. The van der Waals surface area contributed by atoms with Crippen LogP contribution >= 0.6 is 11.6 Å². The number of nitrogens with zero attached hydrogens (tertiary/aromatic N) is 2. The zero-order valence-corrected chi connectivity index (χ0v) is 9.69. The molecule has 5 heteroatoms. The van der Waals surface area contributed by atoms with Crippen LogP contribution in [0.2, 0.25) is 5.28 Å². The third kappa shape index (κ3) is 3.67. The van der Waals surface area contributed by atoms with Gasteiger partial charge >= 0.3 is 0 Å². The molecular formula is C12H10ClFN2O. The molecule has 2 aromatic rings. The molecule has 0 unspecified atom stereocenters. The Morgan fingerprint density at radius 1 is 1.12 bits per heavy atom. The summed E-state index contributed by atoms with van der Waals surface area (Å²) in [4.78, 5) is 7.59. The van der Waals surface area contributed by atoms with Gasteiger partial charge in [-0.05, 0) is 29.3 Å². The van der Waals surface area contributed by atoms with Crippen LogP contribution in [0.15, 0.2) is 36.7 Å². The third-order valence-corrected chi connectivity index (χ3v) is 2.36. The molecule has 0 saturated carbocycles. The van der Waals surface area contributed by atoms with Crippen LogP contribution in [-0.4, -0.2) is 16.6 Å². The van der Waals surface area contributed by atoms with E-state index in [1.165, 1.54) is 24.5 Å². The number of ether oxygens (including phenoxy) is 1. The Labute approximate surface area is 103 Å². The van der Waals surface area contributed by atoms with Crippen LogP contribution in [0.4, 0.5) is 4.39 Å². The van der Waals surface area contributed by atoms with Gasteiger partial charge in [-0.1, -0.05) is 12.1 Å². The van der Waals surface area contributed by atoms with Gasteiger partial charge in [0, 0.05) is 6.42 Å². The summed E-state index contributed by atoms with van der Waals surface area (Å²) in [6, 6.07) is 6.33. The summed E-state index contributed by atoms with van der Waals surface area (Å²) in [5, 5.41) is 0.191. The van der Waals surface area contributed by atoms with Crippen molar-refractivity contribution in [2.75, 3.05) is 6.61 Å². The van der Waals surface area contributed by atoms with Gasteiger partial charge in [0.2, 0.25) is 5.28 Å². The Kier molecular flexibility index (Phi) is 3.88. The molecule has 0 aliphatic carbocycles. The maximum Gasteiger partial charge on any atom is 0.222 e. The van der Waals surface area contributed by atoms with Gasteiger partial charge in [-0.3, -0.25) is 0 Å². The molecular weight excluding hydrogens is 243 g/mol. The van der Waals surface area contributed by atoms with Gasteiger partial charge in [0.1, 0.15) is 5.82 Å². The average molecular weight is 253 g/mol. The van der Waals surface area contributed by atoms with Gasteiger partial charge in [-0.15, -0.1) is 0 Å². The lowest BCUT2D eigenvalue weighted by molar-refractivity contribution is 0.319. The number of hydrogen-bond donors (Lipinski definition) is 0. The Bertz CT molecular complexity index is 427. The predicted molar refractivity (Wildman–Crippen MR) is 62.6 cm³/mol. The molecule has 0 atom stereocenters. The quantitative estimate of drug-likeness (QED) is 0.785. The lowest BCUT2D eigenvalue weighted by Crippen LogP contribution is -2.02. The number of halogens is 2. The molecule has 17 heavy (non-hydrogen) atoms. The van der Waals surface area contributed by atoms with Crippen LogP contribution in [0.5, 0.6) is 5.75 Å². The van der Waals surface area contributed by atoms with E-state index < -0.39 is 0 Å². The van der Waals surface area contributed by atoms with Crippen LogP contribution in [0.1, 0.15) is 5.56 Å². The van der Waals surface area contributed by atoms with Crippen molar-refractivity contribution >= 4 is 11.6 Å². The minimum absolute atomic E-state index is 0.191. The maximum absolute atomic E-state index is 12.7. The zero-order chi connectivity index (χ0) is 12.1. The molecule has 2 rings (SSSR count). The van der Waals surface area contributed by atoms with E-state index in [0.29, 0.717) is 18.8 Å². The minimum atomic E-state index is -0.235. The Balaban J connectivity index is 1.83. The van der Waals surface area contributed by atoms with Crippen molar-refractivity contribution in [2.45, 2.75) is 6.42 Å². The van der Waals surface area contributed by atoms with Gasteiger partial charge in [0.25, 0.3) is 0 Å². The third-order valence-electron chi connectivity index (χ3n) is 2.17. The van der Waals surface area contributed by atoms with Crippen molar-refractivity contribution in [1.29, 1.82) is 0 Å². The summed E-state index contributed by atoms with van der Waals surface area (Å²) in [6.45, 7) is 0.483. The van der Waals surface area contributed by atoms with Crippen LogP contribution in [0.25, 0.3) is 0 Å². The van der Waals surface area contributed by atoms with Crippen molar-refractivity contribution in [3.05, 3.63) is 53.3 Å². The van der Waals surface area contributed by atoms with Gasteiger partial charge in [0.15, 0.2) is 5.75 Å². The van der Waals surface area contributed by atoms with E-state index in [-0.39, 0.29) is 11.1 Å². The lowest BCUT2D eigenvalue weighted by atomic mass is 10.2. The zero-order valence-electron chi connectivity index (χ0n) is 8.94. The molecule has 0 bridgehead atoms. The van der Waals surface area contributed by atoms with E-state index in [1.807, 2.05) is 0 Å². The average Bonchev–Trinajstić information content (AvgIpc) is 2.34. The molecule has 1 aromatic heterocycles. The molecule has 88 valence electrons. The van der Waals surface area contributed by atoms with E-state index in [4.69, 9.17) is 16.3 Å². The first-order valence-electron chi connectivity index (χ1n) is 5.09. The van der Waals surface area contributed by atoms with Crippen molar-refractivity contribution in [2.24, 2.45) is 0 Å². The van der Waals surface area contributed by atoms with E-state index >= 15 is 0 Å². The topological polar surface area (TPSA) is 35.0 Å². The summed E-state index contributed by atoms with van der Waals surface area (Å²) >= 11 is 5.54. The van der Waals surface area contributed by atoms with Crippen molar-refractivity contribution in [3.8, 4) is 5.75 Å². The molecule has 0 fully saturated rings. The standard InChI is InChI=1S/C12H10ClFN2O/c13-12-15-7-11(8-16-12)17-6-5-9-1-3-10(14)4-2-9/h1-4,7-8H,5-6H2. The summed E-state index contributed by atoms with van der Waals surface area (Å²) < 4.78 is 18.1. The summed E-state index contributed by atoms with van der Waals surface area (Å²) in [5.41, 5.74) is 1.02. The second-order valence-corrected chi connectivity index (χ2v) is 3.75. The number of hydrogen-bond acceptors (Lipinski definition) is 3. The van der Waals surface area contributed by atoms with Gasteiger partial charge in [-0.2, -0.15) is 0 Å². The minimum Gasteiger partial charge on any atom is -0.490 e. The second-order valence-electron chi connectivity index (χ2n) is 3.41. The molecule has 0 spiro atoms. The smallest absolute Gasteiger partial charge is 0.222 e. The first-order chi connectivity index (χ1) is 8.24. The molecule has 0 radical (unpaired) electrons. The molecule has 1 heterocycles. The fourth-order valence-electron chi connectivity index (χ4n) is 1.31. The van der Waals surface area contributed by atoms with E-state index in [9.17, 15) is 4.39 Å². The molecule has 3 nitrogen and oxygen atoms in total. The van der Waals surface area contributed by atoms with Crippen LogP contribution in [0.3, 0.4) is 0 Å². The van der Waals surface area contributed by atoms with Gasteiger partial charge < -0.3 is 4.74 Å². The van der Waals surface area contributed by atoms with Crippen molar-refractivity contribution in [1.82, 2.24) is 9.97 Å². The molecule has 0 N–H and O–H groups in total. The molecule has 0 saturated heterocycles. The van der Waals surface area contributed by atoms with E-state index in [0.717, 1.165) is 5.56 Å². The molecule has 0 amide bonds. The monoisotopic (exact) mass is 252 g/mol. The van der Waals surface area contributed by atoms with Crippen LogP contribution in [0, 0.1) is 5.82 Å². The maximum atomic E-state index is 12.7. The normalized spacial score (nSPS) is 10.2. The van der Waals surface area contributed by atoms with E-state index in [2.05, 4.69) is 9.97 Å². The van der Waals surface area contributed by atoms with Crippen molar-refractivity contribution < 1.29 is 9.13 Å². The first-order valence-corrected chi connectivity index (χ1v) is 5.46. The molecule has 1 aromatic carbocycles. The number of aromatic nitrogens is 2. The predicted octanol–water partition coefficient (Wildman–Crippen LogP) is 2.89. The highest BCUT2D eigenvalue weighted by molar-refractivity contribution is 6.28. The molecule has 0 aliphatic rings. The fraction of sp³-hybridized carbons (Fsp3) is 0.167. The number of rotatable bonds is 4. The SMILES string of the molecule is Fc1ccc(CCOc2cnc(Cl)nc2)cc1. The highest BCUT2D eigenvalue weighted by Crippen LogP contribution is 2.10. The van der Waals surface area contributed by atoms with Crippen molar-refractivity contribution in [3.63, 3.8) is 0 Å². The highest BCUT2D eigenvalue weighted by atomic mass is 35.5. The van der Waals surface area contributed by atoms with Gasteiger partial charge in [0.05, 0.1) is 19.0 Å². The van der Waals surface area contributed by atoms with Gasteiger partial charge in [-0.25, -0.2) is 14.4 Å². The van der Waals surface area contributed by atoms with Crippen LogP contribution < -0.4 is 4.74 Å². The molecule has 0 aliphatic heterocycles. The summed E-state index contributed by atoms with van der Waals surface area (Å²) in [6.07, 6.45) is 3.73. The highest BCUT2D eigenvalue weighted by Gasteiger charge is 1.98. The fourth-order valence-corrected chi connectivity index (χ4v) is 1.41. The first kappa shape index (κ1) is 11.8. The van der Waals surface area contributed by atoms with Crippen LogP contribution in [-0.2, 0) is 6.42 Å². The van der Waals surface area contributed by atoms with E-state index in [1.54, 1.807) is 12.1 Å². The second kappa shape index (κ2) is 5.59. The lowest BCUT2D eigenvalue weighted by Gasteiger charge is -2.05. The Morgan fingerprint density at radius 2 is 1.76 bits per heavy atom. The largest absolute Gasteiger partial charge is 0.490 e. The Morgan fingerprint density at radius 3 is 2.41 bits per heavy atom.